The van der Waals surface area contributed by atoms with E-state index in [9.17, 15) is 4.39 Å². The zero-order valence-corrected chi connectivity index (χ0v) is 12.2. The summed E-state index contributed by atoms with van der Waals surface area (Å²) in [6, 6.07) is 12.2. The summed E-state index contributed by atoms with van der Waals surface area (Å²) in [4.78, 5) is 0. The van der Waals surface area contributed by atoms with Crippen molar-refractivity contribution in [1.29, 1.82) is 0 Å². The lowest BCUT2D eigenvalue weighted by Gasteiger charge is -2.14. The summed E-state index contributed by atoms with van der Waals surface area (Å²) in [6.45, 7) is 2.11. The number of hydrogen-bond acceptors (Lipinski definition) is 2. The Morgan fingerprint density at radius 2 is 2.00 bits per heavy atom. The molecule has 0 aliphatic carbocycles. The molecule has 19 heavy (non-hydrogen) atoms. The number of ether oxygens (including phenoxy) is 1. The van der Waals surface area contributed by atoms with Gasteiger partial charge in [-0.2, -0.15) is 0 Å². The molecule has 2 aromatic rings. The molecule has 1 atom stereocenters. The van der Waals surface area contributed by atoms with Crippen LogP contribution < -0.4 is 10.5 Å². The zero-order chi connectivity index (χ0) is 13.8. The average molecular weight is 324 g/mol. The Labute approximate surface area is 120 Å². The third-order valence-electron chi connectivity index (χ3n) is 2.76. The van der Waals surface area contributed by atoms with Gasteiger partial charge in [0.25, 0.3) is 0 Å². The number of rotatable bonds is 4. The van der Waals surface area contributed by atoms with Gasteiger partial charge in [-0.05, 0) is 30.7 Å². The summed E-state index contributed by atoms with van der Waals surface area (Å²) >= 11 is 3.39. The van der Waals surface area contributed by atoms with E-state index in [0.717, 1.165) is 10.0 Å². The van der Waals surface area contributed by atoms with Gasteiger partial charge in [0.1, 0.15) is 6.61 Å². The summed E-state index contributed by atoms with van der Waals surface area (Å²) < 4.78 is 20.4. The fourth-order valence-electron chi connectivity index (χ4n) is 1.82. The summed E-state index contributed by atoms with van der Waals surface area (Å²) in [5, 5.41) is 0. The van der Waals surface area contributed by atoms with Crippen molar-refractivity contribution in [1.82, 2.24) is 0 Å². The maximum absolute atomic E-state index is 13.8. The molecule has 0 amide bonds. The lowest BCUT2D eigenvalue weighted by molar-refractivity contribution is 0.285. The Bertz CT molecular complexity index is 572. The molecule has 0 aliphatic heterocycles. The summed E-state index contributed by atoms with van der Waals surface area (Å²) in [5.41, 5.74) is 7.46. The quantitative estimate of drug-likeness (QED) is 0.915. The molecule has 0 unspecified atom stereocenters. The third kappa shape index (κ3) is 3.55. The molecule has 0 bridgehead atoms. The van der Waals surface area contributed by atoms with Crippen molar-refractivity contribution in [3.63, 3.8) is 0 Å². The predicted octanol–water partition coefficient (Wildman–Crippen LogP) is 4.19. The Kier molecular flexibility index (Phi) is 4.56. The van der Waals surface area contributed by atoms with E-state index < -0.39 is 0 Å². The lowest BCUT2D eigenvalue weighted by Crippen LogP contribution is -2.09. The van der Waals surface area contributed by atoms with Crippen LogP contribution in [0.25, 0.3) is 0 Å². The molecular formula is C15H15BrFNO. The fraction of sp³-hybridized carbons (Fsp3) is 0.200. The van der Waals surface area contributed by atoms with Crippen LogP contribution >= 0.6 is 15.9 Å². The van der Waals surface area contributed by atoms with Crippen molar-refractivity contribution in [2.45, 2.75) is 19.6 Å². The van der Waals surface area contributed by atoms with Gasteiger partial charge < -0.3 is 10.5 Å². The molecule has 0 spiro atoms. The highest BCUT2D eigenvalue weighted by atomic mass is 79.9. The van der Waals surface area contributed by atoms with E-state index in [1.807, 2.05) is 24.3 Å². The van der Waals surface area contributed by atoms with Crippen LogP contribution in [0.15, 0.2) is 46.9 Å². The van der Waals surface area contributed by atoms with Crippen molar-refractivity contribution < 1.29 is 9.13 Å². The summed E-state index contributed by atoms with van der Waals surface area (Å²) in [6.07, 6.45) is 0. The fourth-order valence-corrected chi connectivity index (χ4v) is 2.27. The monoisotopic (exact) mass is 323 g/mol. The van der Waals surface area contributed by atoms with Crippen molar-refractivity contribution >= 4 is 15.9 Å². The molecule has 100 valence electrons. The van der Waals surface area contributed by atoms with Gasteiger partial charge in [-0.15, -0.1) is 0 Å². The van der Waals surface area contributed by atoms with Gasteiger partial charge in [0.2, 0.25) is 0 Å². The van der Waals surface area contributed by atoms with E-state index >= 15 is 0 Å². The van der Waals surface area contributed by atoms with E-state index in [1.165, 1.54) is 6.07 Å². The standard InChI is InChI=1S/C15H15BrFNO/c1-10(18)13-6-3-7-14(17)15(13)19-9-11-4-2-5-12(16)8-11/h2-8,10H,9,18H2,1H3/t10-/m0/s1. The number of hydrogen-bond donors (Lipinski definition) is 1. The first-order chi connectivity index (χ1) is 9.08. The highest BCUT2D eigenvalue weighted by Gasteiger charge is 2.13. The van der Waals surface area contributed by atoms with Gasteiger partial charge in [0, 0.05) is 16.1 Å². The summed E-state index contributed by atoms with van der Waals surface area (Å²) in [5.74, 6) is -0.151. The molecule has 0 heterocycles. The minimum Gasteiger partial charge on any atom is -0.485 e. The van der Waals surface area contributed by atoms with Gasteiger partial charge in [0.15, 0.2) is 11.6 Å². The largest absolute Gasteiger partial charge is 0.485 e. The van der Waals surface area contributed by atoms with Crippen LogP contribution in [-0.2, 0) is 6.61 Å². The first-order valence-electron chi connectivity index (χ1n) is 5.99. The second kappa shape index (κ2) is 6.17. The second-order valence-corrected chi connectivity index (χ2v) is 5.28. The maximum atomic E-state index is 13.8. The molecule has 2 N–H and O–H groups in total. The molecule has 2 nitrogen and oxygen atoms in total. The molecule has 0 saturated heterocycles. The smallest absolute Gasteiger partial charge is 0.165 e. The molecule has 0 aromatic heterocycles. The first kappa shape index (κ1) is 14.0. The molecule has 2 rings (SSSR count). The molecule has 4 heteroatoms. The lowest BCUT2D eigenvalue weighted by atomic mass is 10.1. The average Bonchev–Trinajstić information content (AvgIpc) is 2.37. The van der Waals surface area contributed by atoms with Gasteiger partial charge in [-0.3, -0.25) is 0 Å². The van der Waals surface area contributed by atoms with E-state index in [2.05, 4.69) is 15.9 Å². The molecule has 0 aliphatic rings. The van der Waals surface area contributed by atoms with Crippen LogP contribution in [0.5, 0.6) is 5.75 Å². The highest BCUT2D eigenvalue weighted by Crippen LogP contribution is 2.28. The number of halogens is 2. The Morgan fingerprint density at radius 3 is 2.68 bits per heavy atom. The van der Waals surface area contributed by atoms with Crippen LogP contribution in [0.2, 0.25) is 0 Å². The van der Waals surface area contributed by atoms with Gasteiger partial charge >= 0.3 is 0 Å². The Balaban J connectivity index is 2.19. The van der Waals surface area contributed by atoms with Crippen LogP contribution in [0.4, 0.5) is 4.39 Å². The molecular weight excluding hydrogens is 309 g/mol. The normalized spacial score (nSPS) is 12.2. The second-order valence-electron chi connectivity index (χ2n) is 4.37. The molecule has 0 radical (unpaired) electrons. The minimum atomic E-state index is -0.384. The van der Waals surface area contributed by atoms with Crippen molar-refractivity contribution in [2.24, 2.45) is 5.73 Å². The van der Waals surface area contributed by atoms with Crippen LogP contribution in [-0.4, -0.2) is 0 Å². The number of para-hydroxylation sites is 1. The van der Waals surface area contributed by atoms with E-state index in [0.29, 0.717) is 12.2 Å². The topological polar surface area (TPSA) is 35.2 Å². The molecule has 0 fully saturated rings. The van der Waals surface area contributed by atoms with Crippen LogP contribution in [0, 0.1) is 5.82 Å². The summed E-state index contributed by atoms with van der Waals surface area (Å²) in [7, 11) is 0. The Morgan fingerprint density at radius 1 is 1.26 bits per heavy atom. The van der Waals surface area contributed by atoms with Crippen molar-refractivity contribution in [3.8, 4) is 5.75 Å². The Hall–Kier alpha value is -1.39. The van der Waals surface area contributed by atoms with Crippen LogP contribution in [0.3, 0.4) is 0 Å². The van der Waals surface area contributed by atoms with Gasteiger partial charge in [-0.25, -0.2) is 4.39 Å². The van der Waals surface area contributed by atoms with Crippen molar-refractivity contribution in [3.05, 3.63) is 63.9 Å². The van der Waals surface area contributed by atoms with Crippen LogP contribution in [0.1, 0.15) is 24.1 Å². The molecule has 2 aromatic carbocycles. The number of benzene rings is 2. The van der Waals surface area contributed by atoms with Gasteiger partial charge in [0.05, 0.1) is 0 Å². The zero-order valence-electron chi connectivity index (χ0n) is 10.6. The number of nitrogens with two attached hydrogens (primary N) is 1. The van der Waals surface area contributed by atoms with Gasteiger partial charge in [-0.1, -0.05) is 40.2 Å². The maximum Gasteiger partial charge on any atom is 0.165 e. The van der Waals surface area contributed by atoms with E-state index in [1.54, 1.807) is 19.1 Å². The van der Waals surface area contributed by atoms with Crippen molar-refractivity contribution in [2.75, 3.05) is 0 Å². The SMILES string of the molecule is C[C@H](N)c1cccc(F)c1OCc1cccc(Br)c1. The first-order valence-corrected chi connectivity index (χ1v) is 6.78. The van der Waals surface area contributed by atoms with E-state index in [-0.39, 0.29) is 17.6 Å². The minimum absolute atomic E-state index is 0.234. The third-order valence-corrected chi connectivity index (χ3v) is 3.25. The highest BCUT2D eigenvalue weighted by molar-refractivity contribution is 9.10. The molecule has 0 saturated carbocycles. The van der Waals surface area contributed by atoms with E-state index in [4.69, 9.17) is 10.5 Å². The predicted molar refractivity (Wildman–Crippen MR) is 77.5 cm³/mol.